The summed E-state index contributed by atoms with van der Waals surface area (Å²) in [6.07, 6.45) is 2.77. The number of rotatable bonds is 5. The van der Waals surface area contributed by atoms with E-state index < -0.39 is 0 Å². The number of ether oxygens (including phenoxy) is 1. The predicted octanol–water partition coefficient (Wildman–Crippen LogP) is 3.32. The molecule has 1 atom stereocenters. The minimum absolute atomic E-state index is 0.303. The molecule has 1 aliphatic carbocycles. The van der Waals surface area contributed by atoms with Crippen LogP contribution in [-0.2, 0) is 4.74 Å². The van der Waals surface area contributed by atoms with E-state index in [0.29, 0.717) is 18.1 Å². The van der Waals surface area contributed by atoms with Gasteiger partial charge >= 0.3 is 0 Å². The maximum atomic E-state index is 5.23. The molecule has 1 fully saturated rings. The first-order valence-corrected chi connectivity index (χ1v) is 7.00. The molecule has 1 aromatic rings. The molecule has 1 aliphatic rings. The van der Waals surface area contributed by atoms with E-state index >= 15 is 0 Å². The maximum absolute atomic E-state index is 5.23. The van der Waals surface area contributed by atoms with Gasteiger partial charge < -0.3 is 10.1 Å². The molecular weight excluding hydrogens is 278 g/mol. The van der Waals surface area contributed by atoms with E-state index in [-0.39, 0.29) is 0 Å². The molecule has 0 aromatic heterocycles. The van der Waals surface area contributed by atoms with Crippen LogP contribution < -0.4 is 5.32 Å². The molecule has 94 valence electrons. The minimum Gasteiger partial charge on any atom is -0.380 e. The molecule has 0 spiro atoms. The molecule has 0 amide bonds. The highest BCUT2D eigenvalue weighted by atomic mass is 79.9. The quantitative estimate of drug-likeness (QED) is 0.900. The first kappa shape index (κ1) is 13.1. The van der Waals surface area contributed by atoms with Crippen molar-refractivity contribution in [3.8, 4) is 0 Å². The Morgan fingerprint density at radius 1 is 1.41 bits per heavy atom. The summed E-state index contributed by atoms with van der Waals surface area (Å²) >= 11 is 3.62. The third-order valence-electron chi connectivity index (χ3n) is 3.58. The number of halogens is 1. The van der Waals surface area contributed by atoms with E-state index in [0.717, 1.165) is 6.54 Å². The molecule has 0 bridgehead atoms. The van der Waals surface area contributed by atoms with Gasteiger partial charge in [0.15, 0.2) is 0 Å². The standard InChI is InChI=1S/C14H20BrNO/c1-10(17-2)9-16-12-7-11(8-12)13-5-3-4-6-14(13)15/h3-6,10-12,16H,7-9H2,1-2H3. The molecule has 1 unspecified atom stereocenters. The lowest BCUT2D eigenvalue weighted by Crippen LogP contribution is -2.43. The van der Waals surface area contributed by atoms with Crippen molar-refractivity contribution in [1.82, 2.24) is 5.32 Å². The van der Waals surface area contributed by atoms with Crippen molar-refractivity contribution in [2.75, 3.05) is 13.7 Å². The van der Waals surface area contributed by atoms with Crippen LogP contribution in [0.1, 0.15) is 31.2 Å². The molecule has 0 heterocycles. The van der Waals surface area contributed by atoms with Gasteiger partial charge in [0, 0.05) is 24.2 Å². The van der Waals surface area contributed by atoms with Crippen molar-refractivity contribution in [2.24, 2.45) is 0 Å². The van der Waals surface area contributed by atoms with Crippen molar-refractivity contribution in [2.45, 2.75) is 37.8 Å². The van der Waals surface area contributed by atoms with Gasteiger partial charge in [-0.2, -0.15) is 0 Å². The van der Waals surface area contributed by atoms with Crippen LogP contribution in [0.4, 0.5) is 0 Å². The zero-order chi connectivity index (χ0) is 12.3. The molecule has 2 nitrogen and oxygen atoms in total. The lowest BCUT2D eigenvalue weighted by Gasteiger charge is -2.37. The van der Waals surface area contributed by atoms with Crippen LogP contribution in [0.5, 0.6) is 0 Å². The topological polar surface area (TPSA) is 21.3 Å². The molecule has 17 heavy (non-hydrogen) atoms. The fraction of sp³-hybridized carbons (Fsp3) is 0.571. The Balaban J connectivity index is 1.77. The van der Waals surface area contributed by atoms with Crippen molar-refractivity contribution in [3.63, 3.8) is 0 Å². The number of methoxy groups -OCH3 is 1. The van der Waals surface area contributed by atoms with Crippen LogP contribution in [0.3, 0.4) is 0 Å². The van der Waals surface area contributed by atoms with Crippen LogP contribution >= 0.6 is 15.9 Å². The fourth-order valence-corrected chi connectivity index (χ4v) is 2.87. The van der Waals surface area contributed by atoms with Crippen molar-refractivity contribution in [1.29, 1.82) is 0 Å². The van der Waals surface area contributed by atoms with Gasteiger partial charge in [-0.3, -0.25) is 0 Å². The average Bonchev–Trinajstić information content (AvgIpc) is 2.28. The van der Waals surface area contributed by atoms with Crippen LogP contribution in [-0.4, -0.2) is 25.8 Å². The zero-order valence-electron chi connectivity index (χ0n) is 10.4. The molecule has 1 aromatic carbocycles. The maximum Gasteiger partial charge on any atom is 0.0667 e. The number of hydrogen-bond acceptors (Lipinski definition) is 2. The normalized spacial score (nSPS) is 25.4. The highest BCUT2D eigenvalue weighted by Crippen LogP contribution is 2.39. The molecular formula is C14H20BrNO. The third-order valence-corrected chi connectivity index (χ3v) is 4.30. The highest BCUT2D eigenvalue weighted by Gasteiger charge is 2.30. The van der Waals surface area contributed by atoms with Gasteiger partial charge in [0.05, 0.1) is 6.10 Å². The van der Waals surface area contributed by atoms with E-state index in [1.807, 2.05) is 0 Å². The molecule has 1 saturated carbocycles. The van der Waals surface area contributed by atoms with Gasteiger partial charge in [0.1, 0.15) is 0 Å². The first-order chi connectivity index (χ1) is 8.20. The Labute approximate surface area is 112 Å². The summed E-state index contributed by atoms with van der Waals surface area (Å²) in [5.74, 6) is 0.709. The molecule has 2 rings (SSSR count). The van der Waals surface area contributed by atoms with Crippen LogP contribution in [0.15, 0.2) is 28.7 Å². The van der Waals surface area contributed by atoms with Gasteiger partial charge in [-0.25, -0.2) is 0 Å². The summed E-state index contributed by atoms with van der Waals surface area (Å²) in [6.45, 7) is 3.04. The van der Waals surface area contributed by atoms with Gasteiger partial charge in [0.2, 0.25) is 0 Å². The Bertz CT molecular complexity index is 363. The van der Waals surface area contributed by atoms with Crippen LogP contribution in [0.25, 0.3) is 0 Å². The van der Waals surface area contributed by atoms with Gasteiger partial charge in [-0.1, -0.05) is 34.1 Å². The van der Waals surface area contributed by atoms with E-state index in [1.54, 1.807) is 7.11 Å². The third kappa shape index (κ3) is 3.30. The van der Waals surface area contributed by atoms with E-state index in [2.05, 4.69) is 52.4 Å². The number of hydrogen-bond donors (Lipinski definition) is 1. The second-order valence-corrected chi connectivity index (χ2v) is 5.70. The summed E-state index contributed by atoms with van der Waals surface area (Å²) < 4.78 is 6.47. The summed E-state index contributed by atoms with van der Waals surface area (Å²) in [7, 11) is 1.76. The van der Waals surface area contributed by atoms with Gasteiger partial charge in [-0.05, 0) is 37.3 Å². The first-order valence-electron chi connectivity index (χ1n) is 6.21. The molecule has 0 aliphatic heterocycles. The molecule has 1 N–H and O–H groups in total. The van der Waals surface area contributed by atoms with E-state index in [4.69, 9.17) is 4.74 Å². The SMILES string of the molecule is COC(C)CNC1CC(c2ccccc2Br)C1. The van der Waals surface area contributed by atoms with Crippen molar-refractivity contribution >= 4 is 15.9 Å². The van der Waals surface area contributed by atoms with Gasteiger partial charge in [0.25, 0.3) is 0 Å². The summed E-state index contributed by atoms with van der Waals surface area (Å²) in [4.78, 5) is 0. The molecule has 0 radical (unpaired) electrons. The summed E-state index contributed by atoms with van der Waals surface area (Å²) in [6, 6.07) is 9.20. The number of nitrogens with one attached hydrogen (secondary N) is 1. The highest BCUT2D eigenvalue weighted by molar-refractivity contribution is 9.10. The molecule has 3 heteroatoms. The van der Waals surface area contributed by atoms with Gasteiger partial charge in [-0.15, -0.1) is 0 Å². The molecule has 0 saturated heterocycles. The number of benzene rings is 1. The lowest BCUT2D eigenvalue weighted by molar-refractivity contribution is 0.108. The largest absolute Gasteiger partial charge is 0.380 e. The summed E-state index contributed by atoms with van der Waals surface area (Å²) in [5.41, 5.74) is 1.45. The predicted molar refractivity (Wildman–Crippen MR) is 74.4 cm³/mol. The second kappa shape index (κ2) is 5.98. The van der Waals surface area contributed by atoms with Crippen molar-refractivity contribution in [3.05, 3.63) is 34.3 Å². The Kier molecular flexibility index (Phi) is 4.60. The van der Waals surface area contributed by atoms with Crippen LogP contribution in [0, 0.1) is 0 Å². The second-order valence-electron chi connectivity index (χ2n) is 4.84. The Hall–Kier alpha value is -0.380. The van der Waals surface area contributed by atoms with Crippen LogP contribution in [0.2, 0.25) is 0 Å². The van der Waals surface area contributed by atoms with Crippen molar-refractivity contribution < 1.29 is 4.74 Å². The lowest BCUT2D eigenvalue weighted by atomic mass is 9.76. The fourth-order valence-electron chi connectivity index (χ4n) is 2.26. The Morgan fingerprint density at radius 2 is 2.12 bits per heavy atom. The minimum atomic E-state index is 0.303. The summed E-state index contributed by atoms with van der Waals surface area (Å²) in [5, 5.41) is 3.55. The van der Waals surface area contributed by atoms with E-state index in [9.17, 15) is 0 Å². The smallest absolute Gasteiger partial charge is 0.0667 e. The average molecular weight is 298 g/mol. The zero-order valence-corrected chi connectivity index (χ0v) is 12.0. The Morgan fingerprint density at radius 3 is 2.76 bits per heavy atom. The van der Waals surface area contributed by atoms with E-state index in [1.165, 1.54) is 22.9 Å². The monoisotopic (exact) mass is 297 g/mol.